The Morgan fingerprint density at radius 3 is 2.30 bits per heavy atom. The van der Waals surface area contributed by atoms with Crippen LogP contribution in [0, 0.1) is 17.1 Å². The van der Waals surface area contributed by atoms with E-state index in [9.17, 15) is 17.6 Å². The predicted octanol–water partition coefficient (Wildman–Crippen LogP) is 6.99. The van der Waals surface area contributed by atoms with Crippen molar-refractivity contribution in [2.45, 2.75) is 114 Å². The molecule has 4 aliphatic rings. The molecule has 4 heterocycles. The van der Waals surface area contributed by atoms with E-state index in [-0.39, 0.29) is 35.4 Å². The van der Waals surface area contributed by atoms with Gasteiger partial charge in [-0.05, 0) is 93.8 Å². The van der Waals surface area contributed by atoms with Crippen LogP contribution in [0.4, 0.5) is 22.0 Å². The first-order chi connectivity index (χ1) is 22.3. The molecule has 2 aliphatic carbocycles. The summed E-state index contributed by atoms with van der Waals surface area (Å²) in [5.74, 6) is -0.188. The molecule has 0 bridgehead atoms. The lowest BCUT2D eigenvalue weighted by Gasteiger charge is -2.43. The molecule has 3 aromatic rings. The molecular formula is C35H46F5N7. The summed E-state index contributed by atoms with van der Waals surface area (Å²) in [5, 5.41) is 9.00. The van der Waals surface area contributed by atoms with Crippen LogP contribution in [-0.4, -0.2) is 56.4 Å². The van der Waals surface area contributed by atoms with Crippen LogP contribution in [-0.2, 0) is 12.7 Å². The third-order valence-corrected chi connectivity index (χ3v) is 11.5. The number of imidazole rings is 1. The highest BCUT2D eigenvalue weighted by Crippen LogP contribution is 2.46. The van der Waals surface area contributed by atoms with Crippen LogP contribution in [0.1, 0.15) is 100 Å². The summed E-state index contributed by atoms with van der Waals surface area (Å²) < 4.78 is 75.8. The van der Waals surface area contributed by atoms with E-state index in [4.69, 9.17) is 5.41 Å². The molecule has 256 valence electrons. The van der Waals surface area contributed by atoms with Gasteiger partial charge >= 0.3 is 6.18 Å². The van der Waals surface area contributed by atoms with Gasteiger partial charge in [0.2, 0.25) is 5.62 Å². The monoisotopic (exact) mass is 659 g/mol. The summed E-state index contributed by atoms with van der Waals surface area (Å²) in [5.41, 5.74) is 6.06. The third kappa shape index (κ3) is 6.26. The van der Waals surface area contributed by atoms with Crippen LogP contribution < -0.4 is 16.5 Å². The molecule has 2 aromatic heterocycles. The second kappa shape index (κ2) is 12.3. The standard InChI is InChI=1S/C35H46F5N7/c1-33(37)12-14-45(15-13-33)20-23-16-28(35(38,39)40)29-22-46(32(41)47(29)21-23)27-18-25(17-26(36)19-27)30(24-8-7-9-24)31-42-43-34(44(31)2)10-5-3-4-6-11-34/h16-19,21-22,24,30-31,41-43H,3-15,20H2,1-2H3/t30-,31?/m0/s1. The van der Waals surface area contributed by atoms with Crippen LogP contribution in [0.5, 0.6) is 0 Å². The Bertz CT molecular complexity index is 1650. The lowest BCUT2D eigenvalue weighted by molar-refractivity contribution is -0.136. The van der Waals surface area contributed by atoms with Crippen LogP contribution in [0.25, 0.3) is 11.2 Å². The molecular weight excluding hydrogens is 613 g/mol. The summed E-state index contributed by atoms with van der Waals surface area (Å²) in [6, 6.07) is 5.84. The number of likely N-dealkylation sites (N-methyl/N-ethyl adjacent to an activating group) is 1. The number of alkyl halides is 4. The maximum atomic E-state index is 15.5. The number of fused-ring (bicyclic) bond motifs is 1. The summed E-state index contributed by atoms with van der Waals surface area (Å²) in [6.07, 6.45) is 8.71. The third-order valence-electron chi connectivity index (χ3n) is 11.5. The van der Waals surface area contributed by atoms with Crippen LogP contribution in [0.15, 0.2) is 36.7 Å². The SMILES string of the molecule is CN1C([C@H](c2cc(F)cc(-n3cc4c(C(F)(F)F)cc(CN5CCC(C)(F)CC5)cn4c3=N)c2)C2CCC2)NNC12CCCCCC2. The highest BCUT2D eigenvalue weighted by atomic mass is 19.4. The summed E-state index contributed by atoms with van der Waals surface area (Å²) in [7, 11) is 2.14. The van der Waals surface area contributed by atoms with Gasteiger partial charge in [-0.3, -0.25) is 24.2 Å². The number of hydrogen-bond acceptors (Lipinski definition) is 5. The molecule has 1 unspecified atom stereocenters. The van der Waals surface area contributed by atoms with Gasteiger partial charge in [-0.2, -0.15) is 13.2 Å². The molecule has 4 fully saturated rings. The van der Waals surface area contributed by atoms with E-state index in [2.05, 4.69) is 22.8 Å². The number of benzene rings is 1. The number of hydrogen-bond donors (Lipinski definition) is 3. The zero-order valence-corrected chi connectivity index (χ0v) is 27.3. The Kier molecular flexibility index (Phi) is 8.54. The van der Waals surface area contributed by atoms with Gasteiger partial charge in [-0.15, -0.1) is 0 Å². The van der Waals surface area contributed by atoms with Gasteiger partial charge in [0.25, 0.3) is 0 Å². The van der Waals surface area contributed by atoms with Crippen molar-refractivity contribution in [1.82, 2.24) is 29.6 Å². The minimum atomic E-state index is -4.67. The zero-order chi connectivity index (χ0) is 33.1. The largest absolute Gasteiger partial charge is 0.418 e. The topological polar surface area (TPSA) is 63.7 Å². The van der Waals surface area contributed by atoms with Crippen molar-refractivity contribution in [3.05, 3.63) is 64.8 Å². The molecule has 7 rings (SSSR count). The Morgan fingerprint density at radius 2 is 1.66 bits per heavy atom. The maximum Gasteiger partial charge on any atom is 0.418 e. The Morgan fingerprint density at radius 1 is 0.957 bits per heavy atom. The second-order valence-corrected chi connectivity index (χ2v) is 14.8. The molecule has 0 radical (unpaired) electrons. The summed E-state index contributed by atoms with van der Waals surface area (Å²) >= 11 is 0. The molecule has 12 heteroatoms. The first-order valence-electron chi connectivity index (χ1n) is 17.2. The van der Waals surface area contributed by atoms with Crippen molar-refractivity contribution >= 4 is 5.52 Å². The summed E-state index contributed by atoms with van der Waals surface area (Å²) in [6.45, 7) is 2.67. The fraction of sp³-hybridized carbons (Fsp3) is 0.629. The van der Waals surface area contributed by atoms with E-state index in [0.29, 0.717) is 43.1 Å². The molecule has 47 heavy (non-hydrogen) atoms. The van der Waals surface area contributed by atoms with Crippen molar-refractivity contribution < 1.29 is 22.0 Å². The lowest BCUT2D eigenvalue weighted by Crippen LogP contribution is -2.52. The average Bonchev–Trinajstić information content (AvgIpc) is 3.35. The van der Waals surface area contributed by atoms with Crippen LogP contribution in [0.2, 0.25) is 0 Å². The van der Waals surface area contributed by atoms with Gasteiger partial charge in [-0.25, -0.2) is 19.6 Å². The fourth-order valence-electron chi connectivity index (χ4n) is 8.43. The number of nitrogens with zero attached hydrogens (tertiary/aromatic N) is 4. The van der Waals surface area contributed by atoms with Crippen LogP contribution in [0.3, 0.4) is 0 Å². The van der Waals surface area contributed by atoms with Gasteiger partial charge in [0, 0.05) is 37.9 Å². The number of aromatic nitrogens is 2. The molecule has 1 aromatic carbocycles. The van der Waals surface area contributed by atoms with Gasteiger partial charge < -0.3 is 0 Å². The lowest BCUT2D eigenvalue weighted by atomic mass is 9.71. The van der Waals surface area contributed by atoms with Crippen molar-refractivity contribution in [3.63, 3.8) is 0 Å². The fourth-order valence-corrected chi connectivity index (χ4v) is 8.43. The number of hydrazine groups is 1. The van der Waals surface area contributed by atoms with Gasteiger partial charge in [0.15, 0.2) is 0 Å². The van der Waals surface area contributed by atoms with E-state index in [1.165, 1.54) is 34.1 Å². The van der Waals surface area contributed by atoms with Crippen LogP contribution >= 0.6 is 0 Å². The first-order valence-corrected chi connectivity index (χ1v) is 17.2. The van der Waals surface area contributed by atoms with Gasteiger partial charge in [0.05, 0.1) is 28.6 Å². The molecule has 7 nitrogen and oxygen atoms in total. The Labute approximate surface area is 272 Å². The number of likely N-dealkylation sites (tertiary alicyclic amines) is 1. The molecule has 1 spiro atoms. The Balaban J connectivity index is 1.25. The smallest absolute Gasteiger partial charge is 0.299 e. The number of nitrogens with one attached hydrogen (secondary N) is 3. The number of piperidine rings is 1. The molecule has 2 saturated heterocycles. The van der Waals surface area contributed by atoms with Crippen molar-refractivity contribution in [2.24, 2.45) is 5.92 Å². The zero-order valence-electron chi connectivity index (χ0n) is 27.3. The van der Waals surface area contributed by atoms with Crippen molar-refractivity contribution in [2.75, 3.05) is 20.1 Å². The summed E-state index contributed by atoms with van der Waals surface area (Å²) in [4.78, 5) is 4.35. The number of pyridine rings is 1. The minimum Gasteiger partial charge on any atom is -0.299 e. The van der Waals surface area contributed by atoms with E-state index in [0.717, 1.165) is 56.6 Å². The molecule has 3 N–H and O–H groups in total. The van der Waals surface area contributed by atoms with E-state index >= 15 is 4.39 Å². The van der Waals surface area contributed by atoms with Gasteiger partial charge in [0.1, 0.15) is 11.5 Å². The quantitative estimate of drug-likeness (QED) is 0.250. The normalized spacial score (nSPS) is 24.9. The average molecular weight is 660 g/mol. The molecule has 0 amide bonds. The van der Waals surface area contributed by atoms with E-state index in [1.807, 2.05) is 11.0 Å². The van der Waals surface area contributed by atoms with E-state index < -0.39 is 23.2 Å². The number of halogens is 5. The highest BCUT2D eigenvalue weighted by Gasteiger charge is 2.49. The number of rotatable bonds is 6. The molecule has 2 saturated carbocycles. The van der Waals surface area contributed by atoms with E-state index in [1.54, 1.807) is 19.2 Å². The maximum absolute atomic E-state index is 15.5. The van der Waals surface area contributed by atoms with Gasteiger partial charge in [-0.1, -0.05) is 32.1 Å². The second-order valence-electron chi connectivity index (χ2n) is 14.8. The first kappa shape index (κ1) is 32.7. The van der Waals surface area contributed by atoms with Crippen molar-refractivity contribution in [3.8, 4) is 5.69 Å². The Hall–Kier alpha value is -2.80. The predicted molar refractivity (Wildman–Crippen MR) is 170 cm³/mol. The van der Waals surface area contributed by atoms with Crippen molar-refractivity contribution in [1.29, 1.82) is 5.41 Å². The minimum absolute atomic E-state index is 0.0433. The highest BCUT2D eigenvalue weighted by molar-refractivity contribution is 5.58. The molecule has 2 aliphatic heterocycles. The molecule has 2 atom stereocenters.